The molecule has 8 nitrogen and oxygen atoms in total. The predicted molar refractivity (Wildman–Crippen MR) is 139 cm³/mol. The van der Waals surface area contributed by atoms with Gasteiger partial charge in [0.2, 0.25) is 0 Å². The summed E-state index contributed by atoms with van der Waals surface area (Å²) < 4.78 is 24.9. The maximum absolute atomic E-state index is 13.8. The Balaban J connectivity index is 1.56. The summed E-state index contributed by atoms with van der Waals surface area (Å²) in [5, 5.41) is 14.1. The molecule has 2 aromatic rings. The minimum atomic E-state index is -0.734. The normalized spacial score (nSPS) is 22.6. The highest BCUT2D eigenvalue weighted by Crippen LogP contribution is 2.36. The number of likely N-dealkylation sites (tertiary alicyclic amines) is 1. The highest BCUT2D eigenvalue weighted by molar-refractivity contribution is 5.84. The lowest BCUT2D eigenvalue weighted by Gasteiger charge is -2.33. The van der Waals surface area contributed by atoms with Crippen LogP contribution in [0.15, 0.2) is 48.2 Å². The number of allylic oxidation sites excluding steroid dienone is 3. The molecule has 1 saturated heterocycles. The van der Waals surface area contributed by atoms with Crippen LogP contribution in [-0.2, 0) is 9.47 Å². The van der Waals surface area contributed by atoms with Crippen molar-refractivity contribution in [1.82, 2.24) is 15.2 Å². The van der Waals surface area contributed by atoms with Crippen molar-refractivity contribution in [2.75, 3.05) is 19.7 Å². The Morgan fingerprint density at radius 3 is 2.84 bits per heavy atom. The lowest BCUT2D eigenvalue weighted by atomic mass is 9.89. The number of nitrogens with zero attached hydrogens (tertiary/aromatic N) is 1. The van der Waals surface area contributed by atoms with Gasteiger partial charge in [0.15, 0.2) is 0 Å². The summed E-state index contributed by atoms with van der Waals surface area (Å²) in [5.74, 6) is -0.473. The summed E-state index contributed by atoms with van der Waals surface area (Å²) in [4.78, 5) is 30.3. The van der Waals surface area contributed by atoms with Gasteiger partial charge in [-0.2, -0.15) is 0 Å². The van der Waals surface area contributed by atoms with E-state index in [0.29, 0.717) is 17.9 Å². The number of ether oxygens (including phenoxy) is 2. The van der Waals surface area contributed by atoms with E-state index in [9.17, 15) is 19.1 Å². The summed E-state index contributed by atoms with van der Waals surface area (Å²) in [6, 6.07) is 4.00. The number of hydrogen-bond donors (Lipinski definition) is 3. The van der Waals surface area contributed by atoms with Gasteiger partial charge in [0.05, 0.1) is 12.6 Å². The van der Waals surface area contributed by atoms with Crippen LogP contribution in [-0.4, -0.2) is 64.6 Å². The zero-order valence-electron chi connectivity index (χ0n) is 21.8. The van der Waals surface area contributed by atoms with Crippen LogP contribution in [0.5, 0.6) is 0 Å². The van der Waals surface area contributed by atoms with E-state index in [1.54, 1.807) is 33.0 Å². The third-order valence-electron chi connectivity index (χ3n) is 6.89. The molecule has 200 valence electrons. The molecule has 0 bridgehead atoms. The number of hydrogen-bond acceptors (Lipinski definition) is 5. The molecular weight excluding hydrogens is 477 g/mol. The first-order chi connectivity index (χ1) is 17.5. The molecule has 37 heavy (non-hydrogen) atoms. The number of aromatic amines is 1. The first-order valence-corrected chi connectivity index (χ1v) is 12.7. The van der Waals surface area contributed by atoms with Crippen LogP contribution < -0.4 is 5.32 Å². The first-order valence-electron chi connectivity index (χ1n) is 12.7. The number of H-pyrrole nitrogens is 1. The molecule has 1 aliphatic heterocycles. The molecule has 9 heteroatoms. The topological polar surface area (TPSA) is 104 Å². The van der Waals surface area contributed by atoms with E-state index in [4.69, 9.17) is 9.47 Å². The average molecular weight is 514 g/mol. The van der Waals surface area contributed by atoms with Crippen LogP contribution >= 0.6 is 0 Å². The Morgan fingerprint density at radius 2 is 2.11 bits per heavy atom. The number of benzene rings is 1. The summed E-state index contributed by atoms with van der Waals surface area (Å²) in [7, 11) is 0. The number of halogens is 1. The fourth-order valence-corrected chi connectivity index (χ4v) is 5.01. The van der Waals surface area contributed by atoms with Gasteiger partial charge < -0.3 is 29.8 Å². The van der Waals surface area contributed by atoms with Crippen LogP contribution in [0.3, 0.4) is 0 Å². The Kier molecular flexibility index (Phi) is 7.92. The van der Waals surface area contributed by atoms with Gasteiger partial charge in [-0.05, 0) is 68.9 Å². The largest absolute Gasteiger partial charge is 0.445 e. The zero-order chi connectivity index (χ0) is 26.7. The van der Waals surface area contributed by atoms with Crippen molar-refractivity contribution in [3.8, 4) is 0 Å². The third kappa shape index (κ3) is 6.52. The molecule has 3 N–H and O–H groups in total. The van der Waals surface area contributed by atoms with Crippen molar-refractivity contribution in [1.29, 1.82) is 0 Å². The second-order valence-corrected chi connectivity index (χ2v) is 10.9. The Morgan fingerprint density at radius 1 is 1.32 bits per heavy atom. The number of carbonyl (C=O) groups is 2. The van der Waals surface area contributed by atoms with Crippen LogP contribution in [0.25, 0.3) is 10.9 Å². The van der Waals surface area contributed by atoms with Gasteiger partial charge in [-0.15, -0.1) is 0 Å². The van der Waals surface area contributed by atoms with Crippen LogP contribution in [0.4, 0.5) is 14.0 Å². The monoisotopic (exact) mass is 513 g/mol. The van der Waals surface area contributed by atoms with Gasteiger partial charge in [0.25, 0.3) is 0 Å². The molecule has 2 amide bonds. The fraction of sp³-hybridized carbons (Fsp3) is 0.500. The van der Waals surface area contributed by atoms with Crippen LogP contribution in [0, 0.1) is 11.7 Å². The molecule has 4 atom stereocenters. The van der Waals surface area contributed by atoms with E-state index >= 15 is 0 Å². The summed E-state index contributed by atoms with van der Waals surface area (Å²) in [6.07, 6.45) is 7.16. The van der Waals surface area contributed by atoms with Gasteiger partial charge in [0.1, 0.15) is 18.0 Å². The number of fused-ring (bicyclic) bond motifs is 1. The van der Waals surface area contributed by atoms with Crippen LogP contribution in [0.2, 0.25) is 0 Å². The second-order valence-electron chi connectivity index (χ2n) is 10.9. The van der Waals surface area contributed by atoms with Crippen molar-refractivity contribution < 1.29 is 28.6 Å². The molecule has 1 aromatic heterocycles. The molecule has 1 aliphatic carbocycles. The van der Waals surface area contributed by atoms with Crippen molar-refractivity contribution in [3.05, 3.63) is 59.6 Å². The lowest BCUT2D eigenvalue weighted by molar-refractivity contribution is 0.0189. The number of carbonyl (C=O) groups excluding carboxylic acids is 2. The smallest absolute Gasteiger partial charge is 0.410 e. The second kappa shape index (κ2) is 11.0. The number of aliphatic hydroxyl groups is 1. The standard InChI is InChI=1S/C28H36FN3O5/c1-17-7-5-6-8-18(17)16-36-26(34)31-14-23(22-13-30-24-11-19(29)9-10-21(22)24)25-12-20(33)15-32(25)27(35)37-28(2,3)4/h5-6,8-11,13,17,20,23,25,30,33H,7,12,14-16H2,1-4H3,(H,31,34). The first kappa shape index (κ1) is 26.7. The summed E-state index contributed by atoms with van der Waals surface area (Å²) >= 11 is 0. The molecule has 1 fully saturated rings. The number of β-amino-alcohol motifs (C(OH)–C–C–N with tert-alkyl or cyclic N) is 1. The SMILES string of the molecule is CC1CC=CC=C1COC(=O)NCC(c1c[nH]c2cc(F)ccc12)C1CC(O)CN1C(=O)OC(C)(C)C. The van der Waals surface area contributed by atoms with Gasteiger partial charge >= 0.3 is 12.2 Å². The number of rotatable bonds is 6. The van der Waals surface area contributed by atoms with Gasteiger partial charge in [-0.3, -0.25) is 0 Å². The molecule has 4 unspecified atom stereocenters. The van der Waals surface area contributed by atoms with E-state index in [2.05, 4.69) is 23.3 Å². The fourth-order valence-electron chi connectivity index (χ4n) is 5.01. The summed E-state index contributed by atoms with van der Waals surface area (Å²) in [6.45, 7) is 7.91. The Hall–Kier alpha value is -3.33. The van der Waals surface area contributed by atoms with Crippen molar-refractivity contribution in [3.63, 3.8) is 0 Å². The number of alkyl carbamates (subject to hydrolysis) is 1. The minimum absolute atomic E-state index is 0.122. The Bertz CT molecular complexity index is 1200. The molecule has 4 rings (SSSR count). The third-order valence-corrected chi connectivity index (χ3v) is 6.89. The van der Waals surface area contributed by atoms with E-state index < -0.39 is 35.9 Å². The molecule has 0 radical (unpaired) electrons. The highest BCUT2D eigenvalue weighted by Gasteiger charge is 2.42. The van der Waals surface area contributed by atoms with E-state index in [1.165, 1.54) is 17.0 Å². The number of aliphatic hydroxyl groups excluding tert-OH is 1. The number of aromatic nitrogens is 1. The van der Waals surface area contributed by atoms with Gasteiger partial charge in [0, 0.05) is 35.6 Å². The maximum Gasteiger partial charge on any atom is 0.410 e. The molecule has 2 aliphatic rings. The van der Waals surface area contributed by atoms with Crippen molar-refractivity contribution in [2.24, 2.45) is 5.92 Å². The van der Waals surface area contributed by atoms with E-state index in [1.807, 2.05) is 12.2 Å². The maximum atomic E-state index is 13.8. The molecule has 0 spiro atoms. The van der Waals surface area contributed by atoms with E-state index in [0.717, 1.165) is 22.9 Å². The Labute approximate surface area is 216 Å². The molecular formula is C28H36FN3O5. The summed E-state index contributed by atoms with van der Waals surface area (Å²) in [5.41, 5.74) is 1.75. The minimum Gasteiger partial charge on any atom is -0.445 e. The zero-order valence-corrected chi connectivity index (χ0v) is 21.8. The van der Waals surface area contributed by atoms with Gasteiger partial charge in [-0.25, -0.2) is 14.0 Å². The quantitative estimate of drug-likeness (QED) is 0.504. The van der Waals surface area contributed by atoms with Crippen molar-refractivity contribution >= 4 is 23.1 Å². The number of amides is 2. The molecule has 2 heterocycles. The van der Waals surface area contributed by atoms with Crippen molar-refractivity contribution in [2.45, 2.75) is 64.2 Å². The van der Waals surface area contributed by atoms with E-state index in [-0.39, 0.29) is 25.5 Å². The predicted octanol–water partition coefficient (Wildman–Crippen LogP) is 5.01. The lowest BCUT2D eigenvalue weighted by Crippen LogP contribution is -2.45. The molecule has 1 aromatic carbocycles. The number of nitrogens with one attached hydrogen (secondary N) is 2. The van der Waals surface area contributed by atoms with Crippen LogP contribution in [0.1, 0.15) is 52.0 Å². The van der Waals surface area contributed by atoms with Gasteiger partial charge in [-0.1, -0.05) is 25.2 Å². The highest BCUT2D eigenvalue weighted by atomic mass is 19.1. The average Bonchev–Trinajstić information content (AvgIpc) is 3.41. The molecule has 0 saturated carbocycles.